The zero-order valence-corrected chi connectivity index (χ0v) is 8.00. The number of hydrogen-bond donors (Lipinski definition) is 0. The fraction of sp³-hybridized carbons (Fsp3) is 0.455. The molecule has 0 aromatic carbocycles. The molecular formula is C11H16O. The number of ether oxygens (including phenoxy) is 1. The Balaban J connectivity index is 2.80. The molecule has 1 heteroatoms. The Labute approximate surface area is 74.4 Å². The molecule has 1 aliphatic rings. The quantitative estimate of drug-likeness (QED) is 0.609. The van der Waals surface area contributed by atoms with E-state index in [9.17, 15) is 0 Å². The van der Waals surface area contributed by atoms with E-state index in [0.717, 1.165) is 12.2 Å². The summed E-state index contributed by atoms with van der Waals surface area (Å²) in [5.74, 6) is 1.03. The standard InChI is InChI=1S/C11H16O/c1-4-6-10-8-9(3)12-11(10)7-5-2/h4-7,9H,8H2,1-3H3/b6-4-,7-5-. The molecule has 1 unspecified atom stereocenters. The van der Waals surface area contributed by atoms with Crippen molar-refractivity contribution in [2.45, 2.75) is 33.3 Å². The van der Waals surface area contributed by atoms with Gasteiger partial charge in [0.2, 0.25) is 0 Å². The molecule has 66 valence electrons. The van der Waals surface area contributed by atoms with Crippen LogP contribution in [0.2, 0.25) is 0 Å². The van der Waals surface area contributed by atoms with E-state index < -0.39 is 0 Å². The molecule has 0 saturated carbocycles. The molecule has 0 N–H and O–H groups in total. The predicted octanol–water partition coefficient (Wildman–Crippen LogP) is 3.20. The molecule has 0 spiro atoms. The molecule has 0 aromatic heterocycles. The van der Waals surface area contributed by atoms with Crippen LogP contribution in [-0.4, -0.2) is 6.10 Å². The summed E-state index contributed by atoms with van der Waals surface area (Å²) in [6.45, 7) is 6.13. The second-order valence-electron chi connectivity index (χ2n) is 3.02. The van der Waals surface area contributed by atoms with E-state index >= 15 is 0 Å². The van der Waals surface area contributed by atoms with Crippen LogP contribution in [0.25, 0.3) is 0 Å². The minimum absolute atomic E-state index is 0.336. The Morgan fingerprint density at radius 2 is 1.92 bits per heavy atom. The van der Waals surface area contributed by atoms with E-state index in [1.54, 1.807) is 0 Å². The van der Waals surface area contributed by atoms with Crippen LogP contribution in [0.5, 0.6) is 0 Å². The zero-order valence-electron chi connectivity index (χ0n) is 8.00. The van der Waals surface area contributed by atoms with Gasteiger partial charge in [0, 0.05) is 6.42 Å². The number of allylic oxidation sites excluding steroid dienone is 4. The van der Waals surface area contributed by atoms with Crippen LogP contribution in [0, 0.1) is 0 Å². The van der Waals surface area contributed by atoms with Crippen LogP contribution in [-0.2, 0) is 4.74 Å². The van der Waals surface area contributed by atoms with Crippen molar-refractivity contribution in [1.82, 2.24) is 0 Å². The largest absolute Gasteiger partial charge is 0.490 e. The summed E-state index contributed by atoms with van der Waals surface area (Å²) < 4.78 is 5.61. The second kappa shape index (κ2) is 4.15. The Bertz CT molecular complexity index is 209. The number of rotatable bonds is 2. The van der Waals surface area contributed by atoms with Gasteiger partial charge >= 0.3 is 0 Å². The van der Waals surface area contributed by atoms with Gasteiger partial charge in [-0.3, -0.25) is 0 Å². The van der Waals surface area contributed by atoms with E-state index in [-0.39, 0.29) is 0 Å². The molecular weight excluding hydrogens is 148 g/mol. The molecule has 0 aromatic rings. The molecule has 0 bridgehead atoms. The van der Waals surface area contributed by atoms with Crippen molar-refractivity contribution in [3.8, 4) is 0 Å². The van der Waals surface area contributed by atoms with Crippen LogP contribution >= 0.6 is 0 Å². The minimum Gasteiger partial charge on any atom is -0.490 e. The lowest BCUT2D eigenvalue weighted by molar-refractivity contribution is 0.169. The Morgan fingerprint density at radius 1 is 1.25 bits per heavy atom. The fourth-order valence-electron chi connectivity index (χ4n) is 1.39. The maximum absolute atomic E-state index is 5.61. The van der Waals surface area contributed by atoms with Gasteiger partial charge in [-0.2, -0.15) is 0 Å². The van der Waals surface area contributed by atoms with Crippen LogP contribution in [0.1, 0.15) is 27.2 Å². The lowest BCUT2D eigenvalue weighted by Gasteiger charge is -2.02. The van der Waals surface area contributed by atoms with Crippen LogP contribution in [0.3, 0.4) is 0 Å². The minimum atomic E-state index is 0.336. The predicted molar refractivity (Wildman–Crippen MR) is 51.8 cm³/mol. The first-order chi connectivity index (χ1) is 5.77. The fourth-order valence-corrected chi connectivity index (χ4v) is 1.39. The topological polar surface area (TPSA) is 9.23 Å². The number of hydrogen-bond acceptors (Lipinski definition) is 1. The first-order valence-electron chi connectivity index (χ1n) is 4.43. The third-order valence-electron chi connectivity index (χ3n) is 1.84. The molecule has 0 fully saturated rings. The van der Waals surface area contributed by atoms with E-state index in [1.807, 2.05) is 26.0 Å². The van der Waals surface area contributed by atoms with Crippen molar-refractivity contribution >= 4 is 0 Å². The SMILES string of the molecule is C/C=C\C1=C(/C=C\C)OC(C)C1. The summed E-state index contributed by atoms with van der Waals surface area (Å²) >= 11 is 0. The van der Waals surface area contributed by atoms with Crippen molar-refractivity contribution in [2.24, 2.45) is 0 Å². The summed E-state index contributed by atoms with van der Waals surface area (Å²) in [6, 6.07) is 0. The highest BCUT2D eigenvalue weighted by Crippen LogP contribution is 2.26. The highest BCUT2D eigenvalue weighted by molar-refractivity contribution is 5.32. The van der Waals surface area contributed by atoms with Gasteiger partial charge in [0.1, 0.15) is 11.9 Å². The van der Waals surface area contributed by atoms with Crippen LogP contribution in [0.4, 0.5) is 0 Å². The van der Waals surface area contributed by atoms with Gasteiger partial charge in [-0.05, 0) is 32.4 Å². The highest BCUT2D eigenvalue weighted by atomic mass is 16.5. The molecule has 0 aliphatic carbocycles. The van der Waals surface area contributed by atoms with Gasteiger partial charge in [0.25, 0.3) is 0 Å². The van der Waals surface area contributed by atoms with Crippen molar-refractivity contribution in [3.05, 3.63) is 35.6 Å². The monoisotopic (exact) mass is 164 g/mol. The Morgan fingerprint density at radius 3 is 2.50 bits per heavy atom. The summed E-state index contributed by atoms with van der Waals surface area (Å²) in [6.07, 6.45) is 9.58. The Kier molecular flexibility index (Phi) is 3.15. The molecule has 1 heterocycles. The summed E-state index contributed by atoms with van der Waals surface area (Å²) in [4.78, 5) is 0. The average molecular weight is 164 g/mol. The van der Waals surface area contributed by atoms with Gasteiger partial charge in [-0.1, -0.05) is 18.2 Å². The maximum atomic E-state index is 5.61. The Hall–Kier alpha value is -0.980. The highest BCUT2D eigenvalue weighted by Gasteiger charge is 2.17. The zero-order chi connectivity index (χ0) is 8.97. The van der Waals surface area contributed by atoms with Gasteiger partial charge in [-0.25, -0.2) is 0 Å². The van der Waals surface area contributed by atoms with Gasteiger partial charge in [0.15, 0.2) is 0 Å². The summed E-state index contributed by atoms with van der Waals surface area (Å²) in [5, 5.41) is 0. The summed E-state index contributed by atoms with van der Waals surface area (Å²) in [7, 11) is 0. The third kappa shape index (κ3) is 2.00. The molecule has 0 radical (unpaired) electrons. The molecule has 1 nitrogen and oxygen atoms in total. The van der Waals surface area contributed by atoms with Crippen molar-refractivity contribution in [2.75, 3.05) is 0 Å². The van der Waals surface area contributed by atoms with Gasteiger partial charge in [-0.15, -0.1) is 0 Å². The molecule has 1 rings (SSSR count). The van der Waals surface area contributed by atoms with E-state index in [0.29, 0.717) is 6.10 Å². The normalized spacial score (nSPS) is 24.4. The smallest absolute Gasteiger partial charge is 0.122 e. The van der Waals surface area contributed by atoms with Gasteiger partial charge in [0.05, 0.1) is 0 Å². The lowest BCUT2D eigenvalue weighted by atomic mass is 10.1. The lowest BCUT2D eigenvalue weighted by Crippen LogP contribution is -1.97. The molecule has 0 amide bonds. The van der Waals surface area contributed by atoms with Crippen molar-refractivity contribution < 1.29 is 4.74 Å². The molecule has 1 atom stereocenters. The van der Waals surface area contributed by atoms with E-state index in [2.05, 4.69) is 19.1 Å². The first kappa shape index (κ1) is 9.11. The maximum Gasteiger partial charge on any atom is 0.122 e. The van der Waals surface area contributed by atoms with Crippen LogP contribution in [0.15, 0.2) is 35.6 Å². The van der Waals surface area contributed by atoms with Crippen LogP contribution < -0.4 is 0 Å². The van der Waals surface area contributed by atoms with E-state index in [1.165, 1.54) is 5.57 Å². The molecule has 0 saturated heterocycles. The van der Waals surface area contributed by atoms with E-state index in [4.69, 9.17) is 4.74 Å². The first-order valence-corrected chi connectivity index (χ1v) is 4.43. The summed E-state index contributed by atoms with van der Waals surface area (Å²) in [5.41, 5.74) is 1.31. The second-order valence-corrected chi connectivity index (χ2v) is 3.02. The van der Waals surface area contributed by atoms with Crippen molar-refractivity contribution in [1.29, 1.82) is 0 Å². The molecule has 12 heavy (non-hydrogen) atoms. The third-order valence-corrected chi connectivity index (χ3v) is 1.84. The average Bonchev–Trinajstić information content (AvgIpc) is 2.33. The van der Waals surface area contributed by atoms with Crippen molar-refractivity contribution in [3.63, 3.8) is 0 Å². The van der Waals surface area contributed by atoms with Gasteiger partial charge < -0.3 is 4.74 Å². The molecule has 1 aliphatic heterocycles.